The summed E-state index contributed by atoms with van der Waals surface area (Å²) in [6, 6.07) is 17.1. The van der Waals surface area contributed by atoms with Gasteiger partial charge in [-0.25, -0.2) is 0 Å². The molecule has 0 saturated heterocycles. The van der Waals surface area contributed by atoms with Crippen LogP contribution in [-0.4, -0.2) is 18.3 Å². The van der Waals surface area contributed by atoms with Crippen molar-refractivity contribution in [2.45, 2.75) is 12.3 Å². The van der Waals surface area contributed by atoms with Gasteiger partial charge in [-0.05, 0) is 41.1 Å². The summed E-state index contributed by atoms with van der Waals surface area (Å²) >= 11 is 0. The minimum atomic E-state index is 0.197. The van der Waals surface area contributed by atoms with Crippen LogP contribution in [0.25, 0.3) is 11.1 Å². The maximum Gasteiger partial charge on any atom is 0.0434 e. The molecule has 0 bridgehead atoms. The first-order valence-corrected chi connectivity index (χ1v) is 6.86. The first-order chi connectivity index (χ1) is 9.36. The summed E-state index contributed by atoms with van der Waals surface area (Å²) in [6.45, 7) is 0.802. The van der Waals surface area contributed by atoms with Gasteiger partial charge in [0.15, 0.2) is 0 Å². The van der Waals surface area contributed by atoms with Crippen molar-refractivity contribution in [2.24, 2.45) is 11.7 Å². The fourth-order valence-electron chi connectivity index (χ4n) is 3.29. The Bertz CT molecular complexity index is 533. The van der Waals surface area contributed by atoms with Crippen molar-refractivity contribution in [1.82, 2.24) is 0 Å². The lowest BCUT2D eigenvalue weighted by Gasteiger charge is -2.23. The SMILES string of the molecule is NC[C@H](CCO)C1c2ccccc2-c2ccccc21. The molecule has 0 saturated carbocycles. The van der Waals surface area contributed by atoms with Crippen LogP contribution in [0.3, 0.4) is 0 Å². The molecule has 3 rings (SSSR count). The third-order valence-electron chi connectivity index (χ3n) is 4.16. The summed E-state index contributed by atoms with van der Waals surface area (Å²) in [5, 5.41) is 9.27. The second-order valence-electron chi connectivity index (χ2n) is 5.16. The number of hydrogen-bond donors (Lipinski definition) is 2. The molecule has 0 amide bonds. The van der Waals surface area contributed by atoms with E-state index in [9.17, 15) is 5.11 Å². The van der Waals surface area contributed by atoms with Gasteiger partial charge in [-0.2, -0.15) is 0 Å². The van der Waals surface area contributed by atoms with Crippen molar-refractivity contribution in [2.75, 3.05) is 13.2 Å². The summed E-state index contributed by atoms with van der Waals surface area (Å²) in [7, 11) is 0. The van der Waals surface area contributed by atoms with Gasteiger partial charge in [0.1, 0.15) is 0 Å². The monoisotopic (exact) mass is 253 g/mol. The van der Waals surface area contributed by atoms with Crippen LogP contribution in [0.15, 0.2) is 48.5 Å². The molecule has 98 valence electrons. The van der Waals surface area contributed by atoms with Crippen molar-refractivity contribution >= 4 is 0 Å². The lowest BCUT2D eigenvalue weighted by atomic mass is 9.82. The number of rotatable bonds is 4. The van der Waals surface area contributed by atoms with Gasteiger partial charge in [0.25, 0.3) is 0 Å². The summed E-state index contributed by atoms with van der Waals surface area (Å²) in [5.41, 5.74) is 11.3. The molecule has 19 heavy (non-hydrogen) atoms. The zero-order valence-corrected chi connectivity index (χ0v) is 10.9. The molecule has 0 unspecified atom stereocenters. The van der Waals surface area contributed by atoms with E-state index in [1.54, 1.807) is 0 Å². The Hall–Kier alpha value is -1.64. The standard InChI is InChI=1S/C17H19NO/c18-11-12(9-10-19)17-15-7-3-1-5-13(15)14-6-2-4-8-16(14)17/h1-8,12,17,19H,9-11,18H2/t12-/m0/s1. The van der Waals surface area contributed by atoms with Crippen LogP contribution in [0.1, 0.15) is 23.5 Å². The van der Waals surface area contributed by atoms with E-state index in [0.29, 0.717) is 18.4 Å². The Morgan fingerprint density at radius 3 is 1.95 bits per heavy atom. The number of aliphatic hydroxyl groups is 1. The van der Waals surface area contributed by atoms with Gasteiger partial charge in [-0.1, -0.05) is 48.5 Å². The van der Waals surface area contributed by atoms with Gasteiger partial charge in [-0.3, -0.25) is 0 Å². The molecule has 2 heteroatoms. The summed E-state index contributed by atoms with van der Waals surface area (Å²) in [6.07, 6.45) is 0.754. The number of aliphatic hydroxyl groups excluding tert-OH is 1. The molecule has 3 N–H and O–H groups in total. The van der Waals surface area contributed by atoms with Crippen molar-refractivity contribution in [3.05, 3.63) is 59.7 Å². The molecular formula is C17H19NO. The van der Waals surface area contributed by atoms with Crippen LogP contribution in [0.5, 0.6) is 0 Å². The Morgan fingerprint density at radius 2 is 1.47 bits per heavy atom. The van der Waals surface area contributed by atoms with Gasteiger partial charge in [0, 0.05) is 12.5 Å². The average molecular weight is 253 g/mol. The maximum atomic E-state index is 9.27. The third kappa shape index (κ3) is 1.97. The second kappa shape index (κ2) is 5.16. The quantitative estimate of drug-likeness (QED) is 0.880. The zero-order chi connectivity index (χ0) is 13.2. The molecule has 1 aliphatic carbocycles. The van der Waals surface area contributed by atoms with Crippen LogP contribution in [0.2, 0.25) is 0 Å². The fraction of sp³-hybridized carbons (Fsp3) is 0.294. The lowest BCUT2D eigenvalue weighted by molar-refractivity contribution is 0.251. The molecular weight excluding hydrogens is 234 g/mol. The van der Waals surface area contributed by atoms with Crippen LogP contribution in [-0.2, 0) is 0 Å². The molecule has 2 aromatic carbocycles. The summed E-state index contributed by atoms with van der Waals surface area (Å²) in [5.74, 6) is 0.624. The Kier molecular flexibility index (Phi) is 3.36. The maximum absolute atomic E-state index is 9.27. The summed E-state index contributed by atoms with van der Waals surface area (Å²) in [4.78, 5) is 0. The van der Waals surface area contributed by atoms with Crippen LogP contribution < -0.4 is 5.73 Å². The fourth-order valence-corrected chi connectivity index (χ4v) is 3.29. The number of hydrogen-bond acceptors (Lipinski definition) is 2. The Morgan fingerprint density at radius 1 is 0.947 bits per heavy atom. The van der Waals surface area contributed by atoms with E-state index >= 15 is 0 Å². The van der Waals surface area contributed by atoms with Gasteiger partial charge in [0.2, 0.25) is 0 Å². The molecule has 0 fully saturated rings. The zero-order valence-electron chi connectivity index (χ0n) is 10.9. The lowest BCUT2D eigenvalue weighted by Crippen LogP contribution is -2.22. The molecule has 0 aliphatic heterocycles. The van der Waals surface area contributed by atoms with Crippen LogP contribution in [0, 0.1) is 5.92 Å². The van der Waals surface area contributed by atoms with E-state index in [2.05, 4.69) is 48.5 Å². The highest BCUT2D eigenvalue weighted by molar-refractivity contribution is 5.78. The molecule has 2 nitrogen and oxygen atoms in total. The number of fused-ring (bicyclic) bond motifs is 3. The molecule has 1 aliphatic rings. The molecule has 1 atom stereocenters. The molecule has 0 heterocycles. The van der Waals surface area contributed by atoms with Gasteiger partial charge >= 0.3 is 0 Å². The highest BCUT2D eigenvalue weighted by Gasteiger charge is 2.32. The van der Waals surface area contributed by atoms with Crippen LogP contribution in [0.4, 0.5) is 0 Å². The van der Waals surface area contributed by atoms with E-state index in [-0.39, 0.29) is 6.61 Å². The largest absolute Gasteiger partial charge is 0.396 e. The third-order valence-corrected chi connectivity index (χ3v) is 4.16. The Labute approximate surface area is 113 Å². The van der Waals surface area contributed by atoms with E-state index in [4.69, 9.17) is 5.73 Å². The predicted octanol–water partition coefficient (Wildman–Crippen LogP) is 2.76. The molecule has 0 aromatic heterocycles. The van der Waals surface area contributed by atoms with Crippen molar-refractivity contribution in [1.29, 1.82) is 0 Å². The van der Waals surface area contributed by atoms with E-state index < -0.39 is 0 Å². The molecule has 0 spiro atoms. The predicted molar refractivity (Wildman–Crippen MR) is 78.0 cm³/mol. The van der Waals surface area contributed by atoms with Crippen molar-refractivity contribution in [3.63, 3.8) is 0 Å². The van der Waals surface area contributed by atoms with Gasteiger partial charge in [-0.15, -0.1) is 0 Å². The van der Waals surface area contributed by atoms with Crippen LogP contribution >= 0.6 is 0 Å². The van der Waals surface area contributed by atoms with E-state index in [1.165, 1.54) is 22.3 Å². The minimum absolute atomic E-state index is 0.197. The first-order valence-electron chi connectivity index (χ1n) is 6.86. The van der Waals surface area contributed by atoms with E-state index in [1.807, 2.05) is 0 Å². The topological polar surface area (TPSA) is 46.2 Å². The molecule has 2 aromatic rings. The minimum Gasteiger partial charge on any atom is -0.396 e. The van der Waals surface area contributed by atoms with Gasteiger partial charge < -0.3 is 10.8 Å². The van der Waals surface area contributed by atoms with E-state index in [0.717, 1.165) is 6.42 Å². The normalized spacial score (nSPS) is 15.1. The van der Waals surface area contributed by atoms with Gasteiger partial charge in [0.05, 0.1) is 0 Å². The summed E-state index contributed by atoms with van der Waals surface area (Å²) < 4.78 is 0. The average Bonchev–Trinajstić information content (AvgIpc) is 2.80. The highest BCUT2D eigenvalue weighted by Crippen LogP contribution is 2.48. The smallest absolute Gasteiger partial charge is 0.0434 e. The number of nitrogens with two attached hydrogens (primary N) is 1. The first kappa shape index (κ1) is 12.4. The highest BCUT2D eigenvalue weighted by atomic mass is 16.3. The van der Waals surface area contributed by atoms with Crippen molar-refractivity contribution in [3.8, 4) is 11.1 Å². The number of benzene rings is 2. The molecule has 0 radical (unpaired) electrons. The second-order valence-corrected chi connectivity index (χ2v) is 5.16. The van der Waals surface area contributed by atoms with Crippen molar-refractivity contribution < 1.29 is 5.11 Å². The Balaban J connectivity index is 2.14.